The van der Waals surface area contributed by atoms with E-state index in [9.17, 15) is 18.0 Å². The minimum Gasteiger partial charge on any atom is -0.481 e. The zero-order valence-electron chi connectivity index (χ0n) is 15.9. The lowest BCUT2D eigenvalue weighted by molar-refractivity contribution is -0.137. The van der Waals surface area contributed by atoms with Gasteiger partial charge in [0.15, 0.2) is 0 Å². The topological polar surface area (TPSA) is 42.4 Å². The third kappa shape index (κ3) is 5.19. The highest BCUT2D eigenvalue weighted by atomic mass is 32.1. The number of carbonyl (C=O) groups is 1. The van der Waals surface area contributed by atoms with E-state index in [1.807, 2.05) is 0 Å². The van der Waals surface area contributed by atoms with Crippen LogP contribution in [0.3, 0.4) is 0 Å². The number of hydrogen-bond donors (Lipinski definition) is 0. The van der Waals surface area contributed by atoms with Crippen molar-refractivity contribution in [1.82, 2.24) is 4.98 Å². The SMILES string of the molecule is C#CCOc1ccc(N(C)C(=O)Cc2csc(-c3cccc(C(F)(F)F)c3)n2)cc1. The zero-order valence-corrected chi connectivity index (χ0v) is 16.8. The minimum absolute atomic E-state index is 0.0291. The van der Waals surface area contributed by atoms with Crippen molar-refractivity contribution < 1.29 is 22.7 Å². The fraction of sp³-hybridized carbons (Fsp3) is 0.182. The smallest absolute Gasteiger partial charge is 0.416 e. The highest BCUT2D eigenvalue weighted by Gasteiger charge is 2.30. The summed E-state index contributed by atoms with van der Waals surface area (Å²) >= 11 is 1.20. The lowest BCUT2D eigenvalue weighted by Gasteiger charge is -2.17. The number of terminal acetylenes is 1. The summed E-state index contributed by atoms with van der Waals surface area (Å²) in [5, 5.41) is 2.11. The van der Waals surface area contributed by atoms with E-state index in [1.165, 1.54) is 22.3 Å². The molecule has 0 atom stereocenters. The Labute approximate surface area is 175 Å². The highest BCUT2D eigenvalue weighted by molar-refractivity contribution is 7.13. The Morgan fingerprint density at radius 2 is 1.97 bits per heavy atom. The number of anilines is 1. The number of hydrogen-bond acceptors (Lipinski definition) is 4. The van der Waals surface area contributed by atoms with E-state index in [0.717, 1.165) is 12.1 Å². The monoisotopic (exact) mass is 430 g/mol. The second-order valence-corrected chi connectivity index (χ2v) is 7.20. The number of halogens is 3. The van der Waals surface area contributed by atoms with Crippen LogP contribution >= 0.6 is 11.3 Å². The minimum atomic E-state index is -4.42. The van der Waals surface area contributed by atoms with Crippen molar-refractivity contribution in [2.45, 2.75) is 12.6 Å². The van der Waals surface area contributed by atoms with Crippen LogP contribution < -0.4 is 9.64 Å². The number of nitrogens with zero attached hydrogens (tertiary/aromatic N) is 2. The number of ether oxygens (including phenoxy) is 1. The maximum Gasteiger partial charge on any atom is 0.416 e. The number of rotatable bonds is 6. The quantitative estimate of drug-likeness (QED) is 0.514. The second kappa shape index (κ2) is 9.01. The van der Waals surface area contributed by atoms with Crippen LogP contribution in [0.15, 0.2) is 53.9 Å². The molecule has 0 saturated carbocycles. The van der Waals surface area contributed by atoms with Gasteiger partial charge in [-0.3, -0.25) is 4.79 Å². The summed E-state index contributed by atoms with van der Waals surface area (Å²) in [7, 11) is 1.64. The molecule has 3 rings (SSSR count). The molecular weight excluding hydrogens is 413 g/mol. The molecule has 154 valence electrons. The van der Waals surface area contributed by atoms with Gasteiger partial charge in [0.05, 0.1) is 17.7 Å². The lowest BCUT2D eigenvalue weighted by Crippen LogP contribution is -2.27. The molecule has 1 heterocycles. The first kappa shape index (κ1) is 21.4. The molecule has 0 unspecified atom stereocenters. The molecule has 0 bridgehead atoms. The van der Waals surface area contributed by atoms with Gasteiger partial charge in [0, 0.05) is 23.7 Å². The Balaban J connectivity index is 1.68. The Morgan fingerprint density at radius 1 is 1.23 bits per heavy atom. The maximum absolute atomic E-state index is 12.9. The van der Waals surface area contributed by atoms with Gasteiger partial charge < -0.3 is 9.64 Å². The molecule has 2 aromatic carbocycles. The molecule has 8 heteroatoms. The summed E-state index contributed by atoms with van der Waals surface area (Å²) < 4.78 is 44.0. The summed E-state index contributed by atoms with van der Waals surface area (Å²) in [6.07, 6.45) is 0.758. The number of alkyl halides is 3. The van der Waals surface area contributed by atoms with Crippen molar-refractivity contribution in [1.29, 1.82) is 0 Å². The standard InChI is InChI=1S/C22H17F3N2O2S/c1-3-11-29-19-9-7-18(8-10-19)27(2)20(28)13-17-14-30-21(26-17)15-5-4-6-16(12-15)22(23,24)25/h1,4-10,12,14H,11,13H2,2H3. The van der Waals surface area contributed by atoms with Gasteiger partial charge in [-0.1, -0.05) is 18.1 Å². The third-order valence-corrected chi connectivity index (χ3v) is 5.18. The molecule has 1 aromatic heterocycles. The first-order valence-corrected chi connectivity index (χ1v) is 9.71. The Kier molecular flexibility index (Phi) is 6.43. The Bertz CT molecular complexity index is 1070. The first-order valence-electron chi connectivity index (χ1n) is 8.83. The van der Waals surface area contributed by atoms with Gasteiger partial charge in [0.1, 0.15) is 17.4 Å². The second-order valence-electron chi connectivity index (χ2n) is 6.34. The van der Waals surface area contributed by atoms with Crippen LogP contribution in [0.1, 0.15) is 11.3 Å². The molecule has 0 aliphatic heterocycles. The van der Waals surface area contributed by atoms with Crippen molar-refractivity contribution in [3.8, 4) is 28.7 Å². The molecule has 0 aliphatic carbocycles. The zero-order chi connectivity index (χ0) is 21.7. The predicted octanol–water partition coefficient (Wildman–Crippen LogP) is 5.05. The molecule has 0 radical (unpaired) electrons. The number of benzene rings is 2. The summed E-state index contributed by atoms with van der Waals surface area (Å²) in [5.74, 6) is 2.77. The van der Waals surface area contributed by atoms with Crippen molar-refractivity contribution in [2.24, 2.45) is 0 Å². The highest BCUT2D eigenvalue weighted by Crippen LogP contribution is 2.33. The van der Waals surface area contributed by atoms with Crippen molar-refractivity contribution in [3.05, 3.63) is 65.2 Å². The fourth-order valence-electron chi connectivity index (χ4n) is 2.66. The van der Waals surface area contributed by atoms with Crippen LogP contribution in [0.25, 0.3) is 10.6 Å². The summed E-state index contributed by atoms with van der Waals surface area (Å²) in [6.45, 7) is 0.159. The Hall–Kier alpha value is -3.31. The van der Waals surface area contributed by atoms with Gasteiger partial charge in [-0.15, -0.1) is 17.8 Å². The first-order chi connectivity index (χ1) is 14.3. The van der Waals surface area contributed by atoms with E-state index >= 15 is 0 Å². The largest absolute Gasteiger partial charge is 0.481 e. The van der Waals surface area contributed by atoms with Crippen LogP contribution in [0.4, 0.5) is 18.9 Å². The van der Waals surface area contributed by atoms with Crippen LogP contribution in [0, 0.1) is 12.3 Å². The molecular formula is C22H17F3N2O2S. The molecule has 0 saturated heterocycles. The van der Waals surface area contributed by atoms with E-state index < -0.39 is 11.7 Å². The summed E-state index contributed by atoms with van der Waals surface area (Å²) in [5.41, 5.74) is 0.797. The normalized spacial score (nSPS) is 11.0. The molecule has 4 nitrogen and oxygen atoms in total. The fourth-order valence-corrected chi connectivity index (χ4v) is 3.47. The molecule has 0 spiro atoms. The molecule has 30 heavy (non-hydrogen) atoms. The lowest BCUT2D eigenvalue weighted by atomic mass is 10.1. The van der Waals surface area contributed by atoms with Crippen molar-refractivity contribution in [3.63, 3.8) is 0 Å². The van der Waals surface area contributed by atoms with Crippen molar-refractivity contribution in [2.75, 3.05) is 18.6 Å². The average molecular weight is 430 g/mol. The summed E-state index contributed by atoms with van der Waals surface area (Å²) in [6, 6.07) is 11.9. The predicted molar refractivity (Wildman–Crippen MR) is 110 cm³/mol. The van der Waals surface area contributed by atoms with E-state index in [2.05, 4.69) is 10.9 Å². The van der Waals surface area contributed by atoms with Gasteiger partial charge >= 0.3 is 6.18 Å². The van der Waals surface area contributed by atoms with E-state index in [0.29, 0.717) is 27.7 Å². The summed E-state index contributed by atoms with van der Waals surface area (Å²) in [4.78, 5) is 18.4. The molecule has 0 fully saturated rings. The van der Waals surface area contributed by atoms with Gasteiger partial charge in [-0.05, 0) is 36.4 Å². The number of aromatic nitrogens is 1. The van der Waals surface area contributed by atoms with Crippen LogP contribution in [0.2, 0.25) is 0 Å². The van der Waals surface area contributed by atoms with Crippen LogP contribution in [0.5, 0.6) is 5.75 Å². The average Bonchev–Trinajstić information content (AvgIpc) is 3.20. The van der Waals surface area contributed by atoms with Gasteiger partial charge in [0.25, 0.3) is 0 Å². The number of likely N-dealkylation sites (N-methyl/N-ethyl adjacent to an activating group) is 1. The molecule has 1 amide bonds. The van der Waals surface area contributed by atoms with E-state index in [-0.39, 0.29) is 18.9 Å². The number of carbonyl (C=O) groups excluding carboxylic acids is 1. The van der Waals surface area contributed by atoms with Crippen LogP contribution in [-0.2, 0) is 17.4 Å². The van der Waals surface area contributed by atoms with Gasteiger partial charge in [-0.25, -0.2) is 4.98 Å². The molecule has 3 aromatic rings. The third-order valence-electron chi connectivity index (χ3n) is 4.24. The number of thiazole rings is 1. The number of amides is 1. The van der Waals surface area contributed by atoms with Gasteiger partial charge in [0.2, 0.25) is 5.91 Å². The van der Waals surface area contributed by atoms with E-state index in [4.69, 9.17) is 11.2 Å². The van der Waals surface area contributed by atoms with Crippen LogP contribution in [-0.4, -0.2) is 24.5 Å². The Morgan fingerprint density at radius 3 is 2.63 bits per heavy atom. The van der Waals surface area contributed by atoms with Gasteiger partial charge in [-0.2, -0.15) is 13.2 Å². The molecule has 0 N–H and O–H groups in total. The van der Waals surface area contributed by atoms with E-state index in [1.54, 1.807) is 42.8 Å². The molecule has 0 aliphatic rings. The maximum atomic E-state index is 12.9. The van der Waals surface area contributed by atoms with Crippen molar-refractivity contribution >= 4 is 22.9 Å².